The highest BCUT2D eigenvalue weighted by atomic mass is 35.5. The molecule has 3 amide bonds. The molecule has 1 N–H and O–H groups in total. The fourth-order valence-corrected chi connectivity index (χ4v) is 4.67. The molecule has 148 valence electrons. The molecule has 1 aromatic carbocycles. The van der Waals surface area contributed by atoms with E-state index >= 15 is 0 Å². The van der Waals surface area contributed by atoms with Gasteiger partial charge < -0.3 is 5.32 Å². The number of halogens is 4. The van der Waals surface area contributed by atoms with Gasteiger partial charge in [0.1, 0.15) is 0 Å². The Morgan fingerprint density at radius 3 is 2.32 bits per heavy atom. The summed E-state index contributed by atoms with van der Waals surface area (Å²) in [6.45, 7) is -0.0876. The molecule has 1 saturated heterocycles. The van der Waals surface area contributed by atoms with E-state index in [1.807, 2.05) is 12.2 Å². The number of likely N-dealkylation sites (tertiary alicyclic amines) is 1. The molecular weight excluding hydrogens is 397 g/mol. The number of carbonyl (C=O) groups is 3. The van der Waals surface area contributed by atoms with Crippen molar-refractivity contribution in [3.63, 3.8) is 0 Å². The molecule has 1 saturated carbocycles. The first-order chi connectivity index (χ1) is 13.2. The largest absolute Gasteiger partial charge is 0.417 e. The van der Waals surface area contributed by atoms with Gasteiger partial charge in [-0.1, -0.05) is 23.8 Å². The number of amides is 3. The Balaban J connectivity index is 1.38. The van der Waals surface area contributed by atoms with Crippen molar-refractivity contribution in [1.82, 2.24) is 4.90 Å². The standard InChI is InChI=1S/C19H16ClF3N2O3/c20-13-4-3-11(8-12(13)19(21,22)23)24-14(26)5-6-25-17(27)15-9-1-2-10(7-9)16(15)18(25)28/h1-4,8-10,15-16H,5-7H2,(H,24,26). The zero-order chi connectivity index (χ0) is 20.2. The molecule has 0 radical (unpaired) electrons. The second kappa shape index (κ2) is 6.62. The summed E-state index contributed by atoms with van der Waals surface area (Å²) in [4.78, 5) is 38.3. The molecule has 9 heteroatoms. The summed E-state index contributed by atoms with van der Waals surface area (Å²) < 4.78 is 38.7. The van der Waals surface area contributed by atoms with Gasteiger partial charge in [-0.3, -0.25) is 19.3 Å². The summed E-state index contributed by atoms with van der Waals surface area (Å²) in [7, 11) is 0. The molecule has 1 aromatic rings. The second-order valence-corrected chi connectivity index (χ2v) is 7.73. The van der Waals surface area contributed by atoms with Crippen LogP contribution in [0.4, 0.5) is 18.9 Å². The van der Waals surface area contributed by atoms with Crippen LogP contribution in [0.5, 0.6) is 0 Å². The summed E-state index contributed by atoms with van der Waals surface area (Å²) >= 11 is 5.55. The van der Waals surface area contributed by atoms with Crippen molar-refractivity contribution in [2.45, 2.75) is 19.0 Å². The van der Waals surface area contributed by atoms with Crippen molar-refractivity contribution in [2.24, 2.45) is 23.7 Å². The van der Waals surface area contributed by atoms with Crippen LogP contribution in [-0.4, -0.2) is 29.2 Å². The van der Waals surface area contributed by atoms with Crippen molar-refractivity contribution in [2.75, 3.05) is 11.9 Å². The van der Waals surface area contributed by atoms with Crippen molar-refractivity contribution in [1.29, 1.82) is 0 Å². The number of nitrogens with zero attached hydrogens (tertiary/aromatic N) is 1. The molecule has 4 atom stereocenters. The maximum absolute atomic E-state index is 12.9. The molecule has 4 rings (SSSR count). The number of anilines is 1. The quantitative estimate of drug-likeness (QED) is 0.608. The van der Waals surface area contributed by atoms with Crippen LogP contribution in [0.1, 0.15) is 18.4 Å². The van der Waals surface area contributed by atoms with Gasteiger partial charge in [0, 0.05) is 18.7 Å². The minimum absolute atomic E-state index is 0.0556. The van der Waals surface area contributed by atoms with E-state index in [0.717, 1.165) is 23.5 Å². The average molecular weight is 413 g/mol. The third-order valence-corrected chi connectivity index (χ3v) is 6.01. The second-order valence-electron chi connectivity index (χ2n) is 7.32. The molecule has 1 heterocycles. The van der Waals surface area contributed by atoms with E-state index in [-0.39, 0.29) is 54.1 Å². The van der Waals surface area contributed by atoms with Crippen LogP contribution < -0.4 is 5.32 Å². The molecule has 5 nitrogen and oxygen atoms in total. The number of rotatable bonds is 4. The predicted octanol–water partition coefficient (Wildman–Crippen LogP) is 3.49. The lowest BCUT2D eigenvalue weighted by Crippen LogP contribution is -2.35. The third kappa shape index (κ3) is 3.09. The van der Waals surface area contributed by atoms with Crippen LogP contribution in [0.25, 0.3) is 0 Å². The Bertz CT molecular complexity index is 869. The molecule has 2 fully saturated rings. The van der Waals surface area contributed by atoms with Crippen LogP contribution in [0.2, 0.25) is 5.02 Å². The first kappa shape index (κ1) is 19.0. The van der Waals surface area contributed by atoms with E-state index in [2.05, 4.69) is 5.32 Å². The summed E-state index contributed by atoms with van der Waals surface area (Å²) in [5.74, 6) is -1.61. The normalized spacial score (nSPS) is 28.2. The number of hydrogen-bond donors (Lipinski definition) is 1. The van der Waals surface area contributed by atoms with Crippen LogP contribution in [0.3, 0.4) is 0 Å². The van der Waals surface area contributed by atoms with Crippen molar-refractivity contribution in [3.8, 4) is 0 Å². The summed E-state index contributed by atoms with van der Waals surface area (Å²) in [6.07, 6.45) is -0.0573. The predicted molar refractivity (Wildman–Crippen MR) is 94.1 cm³/mol. The zero-order valence-corrected chi connectivity index (χ0v) is 15.3. The molecule has 3 aliphatic rings. The number of fused-ring (bicyclic) bond motifs is 5. The first-order valence-corrected chi connectivity index (χ1v) is 9.25. The van der Waals surface area contributed by atoms with E-state index < -0.39 is 22.7 Å². The van der Waals surface area contributed by atoms with E-state index in [4.69, 9.17) is 11.6 Å². The van der Waals surface area contributed by atoms with Crippen molar-refractivity contribution in [3.05, 3.63) is 40.9 Å². The monoisotopic (exact) mass is 412 g/mol. The fourth-order valence-electron chi connectivity index (χ4n) is 4.44. The molecule has 2 bridgehead atoms. The first-order valence-electron chi connectivity index (χ1n) is 8.87. The van der Waals surface area contributed by atoms with Gasteiger partial charge in [0.05, 0.1) is 22.4 Å². The van der Waals surface area contributed by atoms with Gasteiger partial charge in [0.15, 0.2) is 0 Å². The fraction of sp³-hybridized carbons (Fsp3) is 0.421. The molecule has 2 aliphatic carbocycles. The summed E-state index contributed by atoms with van der Waals surface area (Å²) in [5, 5.41) is 1.89. The third-order valence-electron chi connectivity index (χ3n) is 5.68. The topological polar surface area (TPSA) is 66.5 Å². The highest BCUT2D eigenvalue weighted by molar-refractivity contribution is 6.31. The SMILES string of the molecule is O=C(CCN1C(=O)C2C3C=CC(C3)C2C1=O)Nc1ccc(Cl)c(C(F)(F)F)c1. The van der Waals surface area contributed by atoms with E-state index in [1.165, 1.54) is 6.07 Å². The highest BCUT2D eigenvalue weighted by Gasteiger charge is 2.59. The van der Waals surface area contributed by atoms with Crippen LogP contribution >= 0.6 is 11.6 Å². The Morgan fingerprint density at radius 2 is 1.75 bits per heavy atom. The molecular formula is C19H16ClF3N2O3. The molecule has 28 heavy (non-hydrogen) atoms. The molecule has 1 aliphatic heterocycles. The number of imide groups is 1. The number of carbonyl (C=O) groups excluding carboxylic acids is 3. The Hall–Kier alpha value is -2.35. The van der Waals surface area contributed by atoms with Gasteiger partial charge in [-0.25, -0.2) is 0 Å². The van der Waals surface area contributed by atoms with Crippen LogP contribution in [0, 0.1) is 23.7 Å². The number of allylic oxidation sites excluding steroid dienone is 2. The molecule has 0 aromatic heterocycles. The van der Waals surface area contributed by atoms with E-state index in [0.29, 0.717) is 0 Å². The average Bonchev–Trinajstić information content (AvgIpc) is 3.29. The van der Waals surface area contributed by atoms with E-state index in [9.17, 15) is 27.6 Å². The van der Waals surface area contributed by atoms with Gasteiger partial charge in [-0.15, -0.1) is 0 Å². The lowest BCUT2D eigenvalue weighted by Gasteiger charge is -2.17. The highest BCUT2D eigenvalue weighted by Crippen LogP contribution is 2.52. The lowest BCUT2D eigenvalue weighted by atomic mass is 9.85. The lowest BCUT2D eigenvalue weighted by molar-refractivity contribution is -0.141. The Kier molecular flexibility index (Phi) is 4.49. The maximum Gasteiger partial charge on any atom is 0.417 e. The summed E-state index contributed by atoms with van der Waals surface area (Å²) in [5.41, 5.74) is -1.10. The van der Waals surface area contributed by atoms with Gasteiger partial charge in [-0.2, -0.15) is 13.2 Å². The van der Waals surface area contributed by atoms with Gasteiger partial charge in [0.2, 0.25) is 17.7 Å². The smallest absolute Gasteiger partial charge is 0.326 e. The van der Waals surface area contributed by atoms with Gasteiger partial charge >= 0.3 is 6.18 Å². The maximum atomic E-state index is 12.9. The minimum atomic E-state index is -4.64. The zero-order valence-electron chi connectivity index (χ0n) is 14.5. The number of nitrogens with one attached hydrogen (secondary N) is 1. The Morgan fingerprint density at radius 1 is 1.14 bits per heavy atom. The Labute approximate surface area is 163 Å². The molecule has 4 unspecified atom stereocenters. The number of benzene rings is 1. The van der Waals surface area contributed by atoms with E-state index in [1.54, 1.807) is 0 Å². The van der Waals surface area contributed by atoms with Crippen molar-refractivity contribution < 1.29 is 27.6 Å². The number of hydrogen-bond acceptors (Lipinski definition) is 3. The van der Waals surface area contributed by atoms with Gasteiger partial charge in [-0.05, 0) is 36.5 Å². The minimum Gasteiger partial charge on any atom is -0.326 e. The van der Waals surface area contributed by atoms with Crippen molar-refractivity contribution >= 4 is 35.0 Å². The summed E-state index contributed by atoms with van der Waals surface area (Å²) in [6, 6.07) is 3.06. The number of alkyl halides is 3. The van der Waals surface area contributed by atoms with Gasteiger partial charge in [0.25, 0.3) is 0 Å². The molecule has 0 spiro atoms. The van der Waals surface area contributed by atoms with Crippen LogP contribution in [-0.2, 0) is 20.6 Å². The van der Waals surface area contributed by atoms with Crippen LogP contribution in [0.15, 0.2) is 30.4 Å².